The molecule has 1 saturated heterocycles. The van der Waals surface area contributed by atoms with Crippen LogP contribution in [0.3, 0.4) is 0 Å². The Hall–Kier alpha value is -1.35. The molecule has 2 N–H and O–H groups in total. The van der Waals surface area contributed by atoms with E-state index in [0.29, 0.717) is 18.4 Å². The highest BCUT2D eigenvalue weighted by atomic mass is 16.1. The molecule has 3 heteroatoms. The Balaban J connectivity index is 1.80. The van der Waals surface area contributed by atoms with E-state index in [1.807, 2.05) is 12.1 Å². The van der Waals surface area contributed by atoms with Crippen LogP contribution >= 0.6 is 0 Å². The number of carbonyl (C=O) groups is 1. The molecule has 1 aromatic carbocycles. The highest BCUT2D eigenvalue weighted by Gasteiger charge is 2.22. The number of benzene rings is 1. The second kappa shape index (κ2) is 6.71. The zero-order chi connectivity index (χ0) is 13.7. The van der Waals surface area contributed by atoms with Gasteiger partial charge >= 0.3 is 0 Å². The summed E-state index contributed by atoms with van der Waals surface area (Å²) in [6.45, 7) is 6.30. The van der Waals surface area contributed by atoms with Crippen molar-refractivity contribution in [2.45, 2.75) is 39.2 Å². The standard InChI is InChI=1S/C16H24N2O/c1-12-5-3-4-6-14(12)7-8-16(19)18-15-9-10-17-11-13(15)2/h3-6,13,15,17H,7-11H2,1-2H3,(H,18,19)/t13-,15-/m1/s1. The molecule has 0 radical (unpaired) electrons. The van der Waals surface area contributed by atoms with E-state index < -0.39 is 0 Å². The van der Waals surface area contributed by atoms with Crippen molar-refractivity contribution in [2.24, 2.45) is 5.92 Å². The lowest BCUT2D eigenvalue weighted by atomic mass is 9.95. The van der Waals surface area contributed by atoms with Crippen molar-refractivity contribution >= 4 is 5.91 Å². The maximum absolute atomic E-state index is 12.0. The molecule has 1 fully saturated rings. The van der Waals surface area contributed by atoms with Gasteiger partial charge in [-0.15, -0.1) is 0 Å². The van der Waals surface area contributed by atoms with Gasteiger partial charge in [0.1, 0.15) is 0 Å². The number of nitrogens with one attached hydrogen (secondary N) is 2. The number of rotatable bonds is 4. The number of amides is 1. The maximum Gasteiger partial charge on any atom is 0.220 e. The average molecular weight is 260 g/mol. The third-order valence-electron chi connectivity index (χ3n) is 4.01. The van der Waals surface area contributed by atoms with E-state index in [-0.39, 0.29) is 5.91 Å². The first-order chi connectivity index (χ1) is 9.16. The van der Waals surface area contributed by atoms with Gasteiger partial charge in [0.05, 0.1) is 0 Å². The van der Waals surface area contributed by atoms with E-state index in [2.05, 4.69) is 36.6 Å². The van der Waals surface area contributed by atoms with Crippen molar-refractivity contribution in [2.75, 3.05) is 13.1 Å². The molecule has 2 atom stereocenters. The summed E-state index contributed by atoms with van der Waals surface area (Å²) in [6, 6.07) is 8.62. The van der Waals surface area contributed by atoms with Gasteiger partial charge in [-0.2, -0.15) is 0 Å². The van der Waals surface area contributed by atoms with Gasteiger partial charge in [0.25, 0.3) is 0 Å². The van der Waals surface area contributed by atoms with Crippen LogP contribution in [0.1, 0.15) is 30.9 Å². The average Bonchev–Trinajstić information content (AvgIpc) is 2.40. The summed E-state index contributed by atoms with van der Waals surface area (Å²) in [6.07, 6.45) is 2.45. The fourth-order valence-electron chi connectivity index (χ4n) is 2.65. The van der Waals surface area contributed by atoms with E-state index in [4.69, 9.17) is 0 Å². The first-order valence-corrected chi connectivity index (χ1v) is 7.21. The lowest BCUT2D eigenvalue weighted by Gasteiger charge is -2.30. The predicted molar refractivity (Wildman–Crippen MR) is 78.1 cm³/mol. The molecule has 0 bridgehead atoms. The summed E-state index contributed by atoms with van der Waals surface area (Å²) >= 11 is 0. The first kappa shape index (κ1) is 14.1. The fraction of sp³-hybridized carbons (Fsp3) is 0.562. The van der Waals surface area contributed by atoms with E-state index in [1.165, 1.54) is 11.1 Å². The van der Waals surface area contributed by atoms with Crippen LogP contribution in [-0.2, 0) is 11.2 Å². The molecule has 0 aliphatic carbocycles. The van der Waals surface area contributed by atoms with Crippen molar-refractivity contribution in [1.29, 1.82) is 0 Å². The van der Waals surface area contributed by atoms with Gasteiger partial charge in [-0.05, 0) is 49.9 Å². The number of carbonyl (C=O) groups excluding carboxylic acids is 1. The van der Waals surface area contributed by atoms with E-state index in [1.54, 1.807) is 0 Å². The Morgan fingerprint density at radius 2 is 2.21 bits per heavy atom. The smallest absolute Gasteiger partial charge is 0.220 e. The Bertz CT molecular complexity index is 431. The largest absolute Gasteiger partial charge is 0.353 e. The third kappa shape index (κ3) is 4.06. The molecule has 1 heterocycles. The molecule has 1 aliphatic heterocycles. The second-order valence-corrected chi connectivity index (χ2v) is 5.57. The molecule has 1 aromatic rings. The van der Waals surface area contributed by atoms with Crippen molar-refractivity contribution < 1.29 is 4.79 Å². The van der Waals surface area contributed by atoms with Crippen molar-refractivity contribution in [1.82, 2.24) is 10.6 Å². The molecular weight excluding hydrogens is 236 g/mol. The summed E-state index contributed by atoms with van der Waals surface area (Å²) in [5.41, 5.74) is 2.54. The van der Waals surface area contributed by atoms with Gasteiger partial charge in [0, 0.05) is 12.5 Å². The number of piperidine rings is 1. The molecule has 3 nitrogen and oxygen atoms in total. The fourth-order valence-corrected chi connectivity index (χ4v) is 2.65. The number of aryl methyl sites for hydroxylation is 2. The van der Waals surface area contributed by atoms with Crippen LogP contribution in [0.2, 0.25) is 0 Å². The Morgan fingerprint density at radius 1 is 1.42 bits per heavy atom. The second-order valence-electron chi connectivity index (χ2n) is 5.57. The van der Waals surface area contributed by atoms with Crippen LogP contribution in [-0.4, -0.2) is 25.0 Å². The SMILES string of the molecule is Cc1ccccc1CCC(=O)N[C@@H]1CCNC[C@H]1C. The molecular formula is C16H24N2O. The minimum Gasteiger partial charge on any atom is -0.353 e. The maximum atomic E-state index is 12.0. The summed E-state index contributed by atoms with van der Waals surface area (Å²) in [7, 11) is 0. The molecule has 1 aliphatic rings. The molecule has 0 unspecified atom stereocenters. The minimum atomic E-state index is 0.182. The molecule has 2 rings (SSSR count). The van der Waals surface area contributed by atoms with Crippen LogP contribution in [0.4, 0.5) is 0 Å². The zero-order valence-electron chi connectivity index (χ0n) is 11.9. The van der Waals surface area contributed by atoms with Gasteiger partial charge in [-0.3, -0.25) is 4.79 Å². The zero-order valence-corrected chi connectivity index (χ0v) is 11.9. The third-order valence-corrected chi connectivity index (χ3v) is 4.01. The topological polar surface area (TPSA) is 41.1 Å². The lowest BCUT2D eigenvalue weighted by molar-refractivity contribution is -0.122. The summed E-state index contributed by atoms with van der Waals surface area (Å²) in [5, 5.41) is 6.53. The molecule has 0 spiro atoms. The highest BCUT2D eigenvalue weighted by molar-refractivity contribution is 5.76. The molecule has 1 amide bonds. The van der Waals surface area contributed by atoms with Gasteiger partial charge in [-0.1, -0.05) is 31.2 Å². The monoisotopic (exact) mass is 260 g/mol. The molecule has 0 saturated carbocycles. The van der Waals surface area contributed by atoms with Crippen LogP contribution in [0.5, 0.6) is 0 Å². The highest BCUT2D eigenvalue weighted by Crippen LogP contribution is 2.12. The van der Waals surface area contributed by atoms with Crippen molar-refractivity contribution in [3.63, 3.8) is 0 Å². The first-order valence-electron chi connectivity index (χ1n) is 7.21. The molecule has 0 aromatic heterocycles. The van der Waals surface area contributed by atoms with Crippen LogP contribution in [0.15, 0.2) is 24.3 Å². The normalized spacial score (nSPS) is 23.1. The summed E-state index contributed by atoms with van der Waals surface area (Å²) in [5.74, 6) is 0.707. The van der Waals surface area contributed by atoms with E-state index in [9.17, 15) is 4.79 Å². The lowest BCUT2D eigenvalue weighted by Crippen LogP contribution is -2.48. The number of hydrogen-bond acceptors (Lipinski definition) is 2. The molecule has 19 heavy (non-hydrogen) atoms. The quantitative estimate of drug-likeness (QED) is 0.870. The summed E-state index contributed by atoms with van der Waals surface area (Å²) in [4.78, 5) is 12.0. The van der Waals surface area contributed by atoms with Crippen molar-refractivity contribution in [3.05, 3.63) is 35.4 Å². The summed E-state index contributed by atoms with van der Waals surface area (Å²) < 4.78 is 0. The van der Waals surface area contributed by atoms with Crippen LogP contribution in [0.25, 0.3) is 0 Å². The van der Waals surface area contributed by atoms with Gasteiger partial charge in [-0.25, -0.2) is 0 Å². The minimum absolute atomic E-state index is 0.182. The van der Waals surface area contributed by atoms with E-state index in [0.717, 1.165) is 25.9 Å². The van der Waals surface area contributed by atoms with Crippen LogP contribution in [0, 0.1) is 12.8 Å². The van der Waals surface area contributed by atoms with Gasteiger partial charge in [0.15, 0.2) is 0 Å². The predicted octanol–water partition coefficient (Wildman–Crippen LogP) is 2.04. The van der Waals surface area contributed by atoms with Gasteiger partial charge < -0.3 is 10.6 Å². The Kier molecular flexibility index (Phi) is 4.97. The van der Waals surface area contributed by atoms with Gasteiger partial charge in [0.2, 0.25) is 5.91 Å². The van der Waals surface area contributed by atoms with Crippen LogP contribution < -0.4 is 10.6 Å². The Morgan fingerprint density at radius 3 is 2.95 bits per heavy atom. The molecule has 104 valence electrons. The Labute approximate surface area is 115 Å². The van der Waals surface area contributed by atoms with E-state index >= 15 is 0 Å². The number of hydrogen-bond donors (Lipinski definition) is 2. The van der Waals surface area contributed by atoms with Crippen molar-refractivity contribution in [3.8, 4) is 0 Å².